The standard InChI is InChI=1S/C39H80/c1-4-6-7-8-9-10-11-12-13-14-15-16-17-18-19-20-21-22-23-24-25-26-27-28-29-30-31-32-33-34-35-36-37-38-39(3)5-2/h39H,4-38H2,1-3H3. The van der Waals surface area contributed by atoms with Crippen LogP contribution in [0.2, 0.25) is 0 Å². The highest BCUT2D eigenvalue weighted by atomic mass is 14.1. The highest BCUT2D eigenvalue weighted by molar-refractivity contribution is 4.54. The number of hydrogen-bond donors (Lipinski definition) is 0. The first kappa shape index (κ1) is 39.0. The van der Waals surface area contributed by atoms with E-state index >= 15 is 0 Å². The molecule has 0 saturated carbocycles. The zero-order valence-corrected chi connectivity index (χ0v) is 28.3. The molecule has 0 aliphatic carbocycles. The summed E-state index contributed by atoms with van der Waals surface area (Å²) < 4.78 is 0. The molecular formula is C39H80. The van der Waals surface area contributed by atoms with Gasteiger partial charge in [-0.15, -0.1) is 0 Å². The highest BCUT2D eigenvalue weighted by Crippen LogP contribution is 2.18. The zero-order chi connectivity index (χ0) is 28.3. The van der Waals surface area contributed by atoms with Crippen LogP contribution in [0.5, 0.6) is 0 Å². The Morgan fingerprint density at radius 2 is 0.436 bits per heavy atom. The highest BCUT2D eigenvalue weighted by Gasteiger charge is 1.99. The maximum atomic E-state index is 2.41. The fourth-order valence-corrected chi connectivity index (χ4v) is 6.25. The van der Waals surface area contributed by atoms with Crippen LogP contribution in [0.4, 0.5) is 0 Å². The predicted octanol–water partition coefficient (Wildman–Crippen LogP) is 15.3. The summed E-state index contributed by atoms with van der Waals surface area (Å²) in [6, 6.07) is 0. The van der Waals surface area contributed by atoms with Crippen LogP contribution in [0.3, 0.4) is 0 Å². The number of rotatable bonds is 35. The third-order valence-electron chi connectivity index (χ3n) is 9.50. The van der Waals surface area contributed by atoms with Crippen molar-refractivity contribution < 1.29 is 0 Å². The maximum Gasteiger partial charge on any atom is -0.0445 e. The van der Waals surface area contributed by atoms with Crippen LogP contribution >= 0.6 is 0 Å². The summed E-state index contributed by atoms with van der Waals surface area (Å²) in [5.74, 6) is 0.948. The van der Waals surface area contributed by atoms with Gasteiger partial charge in [-0.1, -0.05) is 245 Å². The molecular weight excluding hydrogens is 468 g/mol. The van der Waals surface area contributed by atoms with Crippen molar-refractivity contribution in [2.24, 2.45) is 5.92 Å². The lowest BCUT2D eigenvalue weighted by atomic mass is 9.99. The molecule has 0 nitrogen and oxygen atoms in total. The fourth-order valence-electron chi connectivity index (χ4n) is 6.25. The molecule has 0 aliphatic rings. The lowest BCUT2D eigenvalue weighted by Gasteiger charge is -2.07. The Bertz CT molecular complexity index is 399. The monoisotopic (exact) mass is 549 g/mol. The minimum atomic E-state index is 0.948. The van der Waals surface area contributed by atoms with E-state index in [1.54, 1.807) is 0 Å². The molecule has 1 atom stereocenters. The average molecular weight is 549 g/mol. The summed E-state index contributed by atoms with van der Waals surface area (Å²) in [6.07, 6.45) is 51.8. The molecule has 0 aromatic heterocycles. The minimum Gasteiger partial charge on any atom is -0.0654 e. The molecule has 236 valence electrons. The van der Waals surface area contributed by atoms with Gasteiger partial charge in [0.25, 0.3) is 0 Å². The Labute approximate surface area is 251 Å². The van der Waals surface area contributed by atoms with Crippen molar-refractivity contribution >= 4 is 0 Å². The lowest BCUT2D eigenvalue weighted by Crippen LogP contribution is -1.91. The summed E-state index contributed by atoms with van der Waals surface area (Å²) in [5.41, 5.74) is 0. The first-order valence-electron chi connectivity index (χ1n) is 19.3. The molecule has 0 heterocycles. The van der Waals surface area contributed by atoms with E-state index < -0.39 is 0 Å². The zero-order valence-electron chi connectivity index (χ0n) is 28.3. The van der Waals surface area contributed by atoms with Crippen molar-refractivity contribution in [2.45, 2.75) is 245 Å². The van der Waals surface area contributed by atoms with Crippen molar-refractivity contribution in [3.05, 3.63) is 0 Å². The second kappa shape index (κ2) is 36.0. The van der Waals surface area contributed by atoms with Crippen LogP contribution in [-0.4, -0.2) is 0 Å². The molecule has 0 N–H and O–H groups in total. The average Bonchev–Trinajstić information content (AvgIpc) is 2.95. The van der Waals surface area contributed by atoms with Crippen molar-refractivity contribution in [1.82, 2.24) is 0 Å². The number of hydrogen-bond acceptors (Lipinski definition) is 0. The Kier molecular flexibility index (Phi) is 36.0. The van der Waals surface area contributed by atoms with Gasteiger partial charge in [-0.3, -0.25) is 0 Å². The van der Waals surface area contributed by atoms with Crippen LogP contribution in [0.15, 0.2) is 0 Å². The van der Waals surface area contributed by atoms with Crippen LogP contribution < -0.4 is 0 Å². The molecule has 0 aromatic rings. The Morgan fingerprint density at radius 1 is 0.256 bits per heavy atom. The summed E-state index contributed by atoms with van der Waals surface area (Å²) in [4.78, 5) is 0. The van der Waals surface area contributed by atoms with Crippen molar-refractivity contribution in [1.29, 1.82) is 0 Å². The van der Waals surface area contributed by atoms with Gasteiger partial charge in [-0.05, 0) is 5.92 Å². The van der Waals surface area contributed by atoms with E-state index in [9.17, 15) is 0 Å². The van der Waals surface area contributed by atoms with Gasteiger partial charge in [-0.25, -0.2) is 0 Å². The van der Waals surface area contributed by atoms with Crippen LogP contribution in [-0.2, 0) is 0 Å². The van der Waals surface area contributed by atoms with Crippen molar-refractivity contribution in [3.8, 4) is 0 Å². The Hall–Kier alpha value is 0. The summed E-state index contributed by atoms with van der Waals surface area (Å²) in [5, 5.41) is 0. The third kappa shape index (κ3) is 36.0. The second-order valence-corrected chi connectivity index (χ2v) is 13.6. The quantitative estimate of drug-likeness (QED) is 0.0691. The van der Waals surface area contributed by atoms with Gasteiger partial charge >= 0.3 is 0 Å². The first-order valence-corrected chi connectivity index (χ1v) is 19.3. The first-order chi connectivity index (χ1) is 19.3. The van der Waals surface area contributed by atoms with E-state index in [-0.39, 0.29) is 0 Å². The van der Waals surface area contributed by atoms with E-state index in [0.29, 0.717) is 0 Å². The Balaban J connectivity index is 3.03. The summed E-state index contributed by atoms with van der Waals surface area (Å²) in [6.45, 7) is 7.04. The molecule has 0 radical (unpaired) electrons. The molecule has 0 saturated heterocycles. The second-order valence-electron chi connectivity index (χ2n) is 13.6. The van der Waals surface area contributed by atoms with E-state index in [4.69, 9.17) is 0 Å². The largest absolute Gasteiger partial charge is 0.0654 e. The summed E-state index contributed by atoms with van der Waals surface area (Å²) >= 11 is 0. The Morgan fingerprint density at radius 3 is 0.615 bits per heavy atom. The lowest BCUT2D eigenvalue weighted by molar-refractivity contribution is 0.468. The van der Waals surface area contributed by atoms with Gasteiger partial charge in [0.15, 0.2) is 0 Å². The van der Waals surface area contributed by atoms with Gasteiger partial charge in [0.1, 0.15) is 0 Å². The molecule has 39 heavy (non-hydrogen) atoms. The van der Waals surface area contributed by atoms with Gasteiger partial charge in [0.05, 0.1) is 0 Å². The van der Waals surface area contributed by atoms with Crippen LogP contribution in [0.25, 0.3) is 0 Å². The fraction of sp³-hybridized carbons (Fsp3) is 1.00. The molecule has 0 aliphatic heterocycles. The van der Waals surface area contributed by atoms with Gasteiger partial charge in [0, 0.05) is 0 Å². The molecule has 0 heteroatoms. The third-order valence-corrected chi connectivity index (χ3v) is 9.50. The topological polar surface area (TPSA) is 0 Å². The van der Waals surface area contributed by atoms with Crippen molar-refractivity contribution in [2.75, 3.05) is 0 Å². The minimum absolute atomic E-state index is 0.948. The maximum absolute atomic E-state index is 2.41. The molecule has 0 amide bonds. The van der Waals surface area contributed by atoms with Gasteiger partial charge < -0.3 is 0 Å². The smallest absolute Gasteiger partial charge is 0.0445 e. The molecule has 0 rings (SSSR count). The van der Waals surface area contributed by atoms with E-state index in [0.717, 1.165) is 5.92 Å². The molecule has 0 spiro atoms. The van der Waals surface area contributed by atoms with Gasteiger partial charge in [-0.2, -0.15) is 0 Å². The van der Waals surface area contributed by atoms with Crippen LogP contribution in [0, 0.1) is 5.92 Å². The molecule has 0 bridgehead atoms. The number of unbranched alkanes of at least 4 members (excludes halogenated alkanes) is 32. The molecule has 0 aromatic carbocycles. The predicted molar refractivity (Wildman–Crippen MR) is 182 cm³/mol. The normalized spacial score (nSPS) is 12.4. The van der Waals surface area contributed by atoms with E-state index in [1.807, 2.05) is 0 Å². The van der Waals surface area contributed by atoms with Crippen molar-refractivity contribution in [3.63, 3.8) is 0 Å². The van der Waals surface area contributed by atoms with Gasteiger partial charge in [0.2, 0.25) is 0 Å². The SMILES string of the molecule is CCCCCCCCCCCCCCCCCCCCCCCCCCCCCCCCCCCC(C)CC. The molecule has 1 unspecified atom stereocenters. The summed E-state index contributed by atoms with van der Waals surface area (Å²) in [7, 11) is 0. The van der Waals surface area contributed by atoms with E-state index in [1.165, 1.54) is 225 Å². The van der Waals surface area contributed by atoms with Crippen LogP contribution in [0.1, 0.15) is 245 Å². The molecule has 0 fully saturated rings. The van der Waals surface area contributed by atoms with E-state index in [2.05, 4.69) is 20.8 Å².